The zero-order valence-electron chi connectivity index (χ0n) is 11.7. The number of aliphatic hydroxyl groups is 3. The Kier molecular flexibility index (Phi) is 3.39. The number of fused-ring (bicyclic) bond motifs is 1. The van der Waals surface area contributed by atoms with Crippen LogP contribution in [0, 0.1) is 22.7 Å². The average molecular weight is 316 g/mol. The lowest BCUT2D eigenvalue weighted by Gasteiger charge is -2.24. The maximum Gasteiger partial charge on any atom is 0.225 e. The molecular weight excluding hydrogens is 304 g/mol. The van der Waals surface area contributed by atoms with Gasteiger partial charge in [-0.3, -0.25) is 0 Å². The summed E-state index contributed by atoms with van der Waals surface area (Å²) in [5, 5.41) is 52.2. The molecule has 1 aliphatic heterocycles. The Morgan fingerprint density at radius 3 is 2.74 bits per heavy atom. The summed E-state index contributed by atoms with van der Waals surface area (Å²) in [5.41, 5.74) is 4.01. The molecule has 4 atom stereocenters. The van der Waals surface area contributed by atoms with Crippen LogP contribution in [0.5, 0.6) is 0 Å². The molecule has 0 bridgehead atoms. The second-order valence-corrected chi connectivity index (χ2v) is 5.08. The number of aliphatic hydroxyl groups excluding tert-OH is 3. The molecule has 1 fully saturated rings. The second kappa shape index (κ2) is 5.15. The highest BCUT2D eigenvalue weighted by molar-refractivity contribution is 5.75. The summed E-state index contributed by atoms with van der Waals surface area (Å²) in [6.45, 7) is -0.590. The molecule has 0 unspecified atom stereocenters. The lowest BCUT2D eigenvalue weighted by atomic mass is 9.92. The minimum absolute atomic E-state index is 0.0163. The van der Waals surface area contributed by atoms with E-state index in [1.54, 1.807) is 0 Å². The van der Waals surface area contributed by atoms with Crippen molar-refractivity contribution in [1.29, 1.82) is 10.5 Å². The lowest BCUT2D eigenvalue weighted by Crippen LogP contribution is -2.40. The third-order valence-electron chi connectivity index (χ3n) is 3.89. The van der Waals surface area contributed by atoms with Crippen molar-refractivity contribution in [1.82, 2.24) is 14.6 Å². The van der Waals surface area contributed by atoms with Gasteiger partial charge in [-0.25, -0.2) is 9.50 Å². The van der Waals surface area contributed by atoms with Crippen molar-refractivity contribution >= 4 is 11.3 Å². The number of rotatable bonds is 2. The molecule has 0 radical (unpaired) electrons. The molecule has 118 valence electrons. The van der Waals surface area contributed by atoms with Gasteiger partial charge in [-0.05, 0) is 6.07 Å². The van der Waals surface area contributed by atoms with Crippen molar-refractivity contribution in [2.45, 2.75) is 23.9 Å². The van der Waals surface area contributed by atoms with Crippen LogP contribution in [-0.2, 0) is 10.3 Å². The molecule has 0 saturated carbocycles. The van der Waals surface area contributed by atoms with Gasteiger partial charge < -0.3 is 25.8 Å². The van der Waals surface area contributed by atoms with E-state index >= 15 is 0 Å². The van der Waals surface area contributed by atoms with E-state index in [4.69, 9.17) is 10.5 Å². The third-order valence-corrected chi connectivity index (χ3v) is 3.89. The predicted molar refractivity (Wildman–Crippen MR) is 73.4 cm³/mol. The van der Waals surface area contributed by atoms with E-state index in [9.17, 15) is 25.8 Å². The summed E-state index contributed by atoms with van der Waals surface area (Å²) in [6.07, 6.45) is -3.15. The molecule has 5 N–H and O–H groups in total. The van der Waals surface area contributed by atoms with E-state index in [1.165, 1.54) is 10.6 Å². The monoisotopic (exact) mass is 316 g/mol. The van der Waals surface area contributed by atoms with Crippen LogP contribution in [-0.4, -0.2) is 54.8 Å². The fourth-order valence-corrected chi connectivity index (χ4v) is 2.75. The maximum absolute atomic E-state index is 10.3. The standard InChI is InChI=1S/C13H12N6O4/c14-2-6-1-8(19-9(6)12(16)17-5-18-19)13(4-15)11(22)10(21)7(3-20)23-13/h1,5,7,10-11,20-22H,3H2,(H2,16,17,18)/t7-,10-,11-,13+/m1/s1. The molecule has 1 saturated heterocycles. The normalized spacial score (nSPS) is 30.2. The molecule has 2 aromatic heterocycles. The van der Waals surface area contributed by atoms with Crippen molar-refractivity contribution in [3.8, 4) is 12.1 Å². The Bertz CT molecular complexity index is 852. The number of ether oxygens (including phenoxy) is 1. The van der Waals surface area contributed by atoms with Gasteiger partial charge in [-0.2, -0.15) is 15.6 Å². The van der Waals surface area contributed by atoms with E-state index in [0.717, 1.165) is 6.33 Å². The molecule has 3 heterocycles. The molecule has 2 aromatic rings. The first-order chi connectivity index (χ1) is 11.0. The van der Waals surface area contributed by atoms with Gasteiger partial charge in [0.05, 0.1) is 17.9 Å². The van der Waals surface area contributed by atoms with Gasteiger partial charge in [-0.15, -0.1) is 0 Å². The van der Waals surface area contributed by atoms with Crippen LogP contribution in [0.2, 0.25) is 0 Å². The molecule has 23 heavy (non-hydrogen) atoms. The van der Waals surface area contributed by atoms with Crippen LogP contribution < -0.4 is 5.73 Å². The Labute approximate surface area is 129 Å². The topological polar surface area (TPSA) is 174 Å². The van der Waals surface area contributed by atoms with Crippen LogP contribution in [0.3, 0.4) is 0 Å². The summed E-state index contributed by atoms with van der Waals surface area (Å²) in [6, 6.07) is 5.01. The van der Waals surface area contributed by atoms with Gasteiger partial charge in [0.15, 0.2) is 5.82 Å². The zero-order valence-corrected chi connectivity index (χ0v) is 11.7. The largest absolute Gasteiger partial charge is 0.394 e. The van der Waals surface area contributed by atoms with Crippen molar-refractivity contribution in [3.63, 3.8) is 0 Å². The Balaban J connectivity index is 2.30. The summed E-state index contributed by atoms with van der Waals surface area (Å²) in [7, 11) is 0. The summed E-state index contributed by atoms with van der Waals surface area (Å²) in [5.74, 6) is 0.0163. The van der Waals surface area contributed by atoms with Crippen LogP contribution in [0.25, 0.3) is 5.52 Å². The number of nitriles is 2. The number of nitrogen functional groups attached to an aromatic ring is 1. The molecule has 10 nitrogen and oxygen atoms in total. The molecule has 3 rings (SSSR count). The van der Waals surface area contributed by atoms with E-state index in [0.29, 0.717) is 0 Å². The van der Waals surface area contributed by atoms with Crippen molar-refractivity contribution in [3.05, 3.63) is 23.7 Å². The van der Waals surface area contributed by atoms with Gasteiger partial charge in [0, 0.05) is 0 Å². The van der Waals surface area contributed by atoms with E-state index in [2.05, 4.69) is 10.1 Å². The maximum atomic E-state index is 10.3. The average Bonchev–Trinajstić information content (AvgIpc) is 3.06. The highest BCUT2D eigenvalue weighted by atomic mass is 16.6. The molecule has 0 spiro atoms. The van der Waals surface area contributed by atoms with Crippen molar-refractivity contribution in [2.24, 2.45) is 0 Å². The van der Waals surface area contributed by atoms with Crippen LogP contribution in [0.15, 0.2) is 12.4 Å². The van der Waals surface area contributed by atoms with Gasteiger partial charge >= 0.3 is 0 Å². The number of hydrogen-bond acceptors (Lipinski definition) is 9. The number of anilines is 1. The zero-order chi connectivity index (χ0) is 16.8. The minimum atomic E-state index is -2.01. The Hall–Kier alpha value is -2.76. The predicted octanol–water partition coefficient (Wildman–Crippen LogP) is -1.99. The fraction of sp³-hybridized carbons (Fsp3) is 0.385. The van der Waals surface area contributed by atoms with Crippen LogP contribution in [0.1, 0.15) is 11.3 Å². The van der Waals surface area contributed by atoms with Gasteiger partial charge in [-0.1, -0.05) is 0 Å². The minimum Gasteiger partial charge on any atom is -0.394 e. The number of aromatic nitrogens is 3. The van der Waals surface area contributed by atoms with Gasteiger partial charge in [0.1, 0.15) is 42.3 Å². The van der Waals surface area contributed by atoms with Gasteiger partial charge in [0.25, 0.3) is 0 Å². The molecule has 0 amide bonds. The van der Waals surface area contributed by atoms with Crippen LogP contribution in [0.4, 0.5) is 5.82 Å². The molecular formula is C13H12N6O4. The highest BCUT2D eigenvalue weighted by Crippen LogP contribution is 2.41. The molecule has 10 heteroatoms. The Morgan fingerprint density at radius 1 is 1.43 bits per heavy atom. The number of nitrogens with zero attached hydrogens (tertiary/aromatic N) is 5. The summed E-state index contributed by atoms with van der Waals surface area (Å²) < 4.78 is 6.59. The fourth-order valence-electron chi connectivity index (χ4n) is 2.75. The third kappa shape index (κ3) is 1.87. The number of hydrogen-bond donors (Lipinski definition) is 4. The van der Waals surface area contributed by atoms with Crippen molar-refractivity contribution < 1.29 is 20.1 Å². The summed E-state index contributed by atoms with van der Waals surface area (Å²) in [4.78, 5) is 3.79. The smallest absolute Gasteiger partial charge is 0.225 e. The van der Waals surface area contributed by atoms with Crippen LogP contribution >= 0.6 is 0 Å². The quantitative estimate of drug-likeness (QED) is 0.489. The summed E-state index contributed by atoms with van der Waals surface area (Å²) >= 11 is 0. The first-order valence-electron chi connectivity index (χ1n) is 6.59. The molecule has 1 aliphatic rings. The lowest BCUT2D eigenvalue weighted by molar-refractivity contribution is -0.0643. The second-order valence-electron chi connectivity index (χ2n) is 5.08. The molecule has 0 aromatic carbocycles. The first-order valence-corrected chi connectivity index (χ1v) is 6.59. The Morgan fingerprint density at radius 2 is 2.17 bits per heavy atom. The highest BCUT2D eigenvalue weighted by Gasteiger charge is 2.57. The van der Waals surface area contributed by atoms with E-state index in [-0.39, 0.29) is 22.6 Å². The molecule has 0 aliphatic carbocycles. The van der Waals surface area contributed by atoms with Gasteiger partial charge in [0.2, 0.25) is 5.60 Å². The number of nitrogens with two attached hydrogens (primary N) is 1. The van der Waals surface area contributed by atoms with E-state index < -0.39 is 30.5 Å². The SMILES string of the molecule is N#Cc1cc([C@]2(C#N)O[C@H](CO)[C@@H](O)[C@H]2O)n2ncnc(N)c12. The van der Waals surface area contributed by atoms with E-state index in [1.807, 2.05) is 12.1 Å². The van der Waals surface area contributed by atoms with Crippen molar-refractivity contribution in [2.75, 3.05) is 12.3 Å². The first kappa shape index (κ1) is 15.1.